The number of rotatable bonds is 3. The van der Waals surface area contributed by atoms with Crippen LogP contribution in [0.15, 0.2) is 58.5 Å². The normalized spacial score (nSPS) is 10.6. The van der Waals surface area contributed by atoms with Crippen molar-refractivity contribution < 1.29 is 0 Å². The Morgan fingerprint density at radius 1 is 1.11 bits per heavy atom. The van der Waals surface area contributed by atoms with Crippen molar-refractivity contribution in [1.82, 2.24) is 9.97 Å². The number of nitrogens with zero attached hydrogens (tertiary/aromatic N) is 2. The fraction of sp³-hybridized carbons (Fsp3) is 0.0667. The zero-order valence-corrected chi connectivity index (χ0v) is 12.5. The average molecular weight is 331 g/mol. The minimum absolute atomic E-state index is 0.791. The highest BCUT2D eigenvalue weighted by atomic mass is 79.9. The Labute approximate surface area is 124 Å². The van der Waals surface area contributed by atoms with Crippen LogP contribution in [-0.4, -0.2) is 9.97 Å². The summed E-state index contributed by atoms with van der Waals surface area (Å²) in [6.45, 7) is 0. The maximum absolute atomic E-state index is 4.67. The van der Waals surface area contributed by atoms with E-state index in [1.165, 1.54) is 0 Å². The van der Waals surface area contributed by atoms with Crippen LogP contribution in [0.2, 0.25) is 0 Å². The third kappa shape index (κ3) is 3.08. The zero-order chi connectivity index (χ0) is 13.1. The summed E-state index contributed by atoms with van der Waals surface area (Å²) in [6, 6.07) is 14.2. The van der Waals surface area contributed by atoms with Crippen molar-refractivity contribution in [3.05, 3.63) is 69.2 Å². The molecule has 2 nitrogen and oxygen atoms in total. The highest BCUT2D eigenvalue weighted by Crippen LogP contribution is 2.25. The lowest BCUT2D eigenvalue weighted by Crippen LogP contribution is -1.90. The number of aromatic nitrogens is 2. The lowest BCUT2D eigenvalue weighted by molar-refractivity contribution is 1.05. The van der Waals surface area contributed by atoms with Crippen LogP contribution in [0, 0.1) is 0 Å². The number of hydrogen-bond acceptors (Lipinski definition) is 3. The molecule has 0 aliphatic carbocycles. The van der Waals surface area contributed by atoms with Crippen LogP contribution < -0.4 is 0 Å². The Bertz CT molecular complexity index is 679. The van der Waals surface area contributed by atoms with E-state index in [2.05, 4.69) is 43.4 Å². The molecule has 1 aromatic carbocycles. The van der Waals surface area contributed by atoms with Gasteiger partial charge in [0.25, 0.3) is 0 Å². The smallest absolute Gasteiger partial charge is 0.0992 e. The number of pyridine rings is 1. The first-order chi connectivity index (χ1) is 9.31. The van der Waals surface area contributed by atoms with Crippen LogP contribution in [0.25, 0.3) is 11.3 Å². The van der Waals surface area contributed by atoms with Gasteiger partial charge in [-0.2, -0.15) is 0 Å². The fourth-order valence-corrected chi connectivity index (χ4v) is 3.05. The third-order valence-corrected chi connectivity index (χ3v) is 4.07. The van der Waals surface area contributed by atoms with Crippen molar-refractivity contribution in [2.75, 3.05) is 0 Å². The second-order valence-electron chi connectivity index (χ2n) is 4.13. The molecule has 0 bridgehead atoms. The second kappa shape index (κ2) is 5.63. The maximum Gasteiger partial charge on any atom is 0.0992 e. The quantitative estimate of drug-likeness (QED) is 0.703. The van der Waals surface area contributed by atoms with Gasteiger partial charge in [-0.05, 0) is 24.3 Å². The first-order valence-corrected chi connectivity index (χ1v) is 7.59. The van der Waals surface area contributed by atoms with E-state index in [4.69, 9.17) is 0 Å². The summed E-state index contributed by atoms with van der Waals surface area (Å²) in [5.41, 5.74) is 3.22. The van der Waals surface area contributed by atoms with E-state index < -0.39 is 0 Å². The molecule has 94 valence electrons. The first-order valence-electron chi connectivity index (χ1n) is 5.91. The van der Waals surface area contributed by atoms with Gasteiger partial charge in [0.15, 0.2) is 0 Å². The molecule has 0 aliphatic rings. The van der Waals surface area contributed by atoms with Crippen molar-refractivity contribution >= 4 is 27.3 Å². The van der Waals surface area contributed by atoms with Crippen LogP contribution >= 0.6 is 27.3 Å². The molecule has 0 fully saturated rings. The van der Waals surface area contributed by atoms with Crippen LogP contribution in [-0.2, 0) is 6.42 Å². The van der Waals surface area contributed by atoms with Crippen LogP contribution in [0.1, 0.15) is 10.7 Å². The standard InChI is InChI=1S/C15H11BrN2S/c16-12-5-3-4-11(8-12)14-10-19-15(18-14)9-13-6-1-2-7-17-13/h1-8,10H,9H2. The largest absolute Gasteiger partial charge is 0.261 e. The van der Waals surface area contributed by atoms with Crippen molar-refractivity contribution in [2.24, 2.45) is 0 Å². The minimum atomic E-state index is 0.791. The SMILES string of the molecule is Brc1cccc(-c2csc(Cc3ccccn3)n2)c1. The van der Waals surface area contributed by atoms with Crippen LogP contribution in [0.4, 0.5) is 0 Å². The molecule has 3 aromatic rings. The summed E-state index contributed by atoms with van der Waals surface area (Å²) in [5, 5.41) is 3.19. The van der Waals surface area contributed by atoms with E-state index in [0.717, 1.165) is 32.9 Å². The molecule has 0 spiro atoms. The Hall–Kier alpha value is -1.52. The topological polar surface area (TPSA) is 25.8 Å². The molecule has 0 saturated carbocycles. The van der Waals surface area contributed by atoms with Gasteiger partial charge in [0.1, 0.15) is 0 Å². The van der Waals surface area contributed by atoms with Gasteiger partial charge in [0, 0.05) is 33.7 Å². The van der Waals surface area contributed by atoms with Gasteiger partial charge in [0.2, 0.25) is 0 Å². The van der Waals surface area contributed by atoms with Gasteiger partial charge in [0.05, 0.1) is 10.7 Å². The van der Waals surface area contributed by atoms with Crippen molar-refractivity contribution in [1.29, 1.82) is 0 Å². The Kier molecular flexibility index (Phi) is 3.71. The lowest BCUT2D eigenvalue weighted by Gasteiger charge is -1.97. The first kappa shape index (κ1) is 12.5. The fourth-order valence-electron chi connectivity index (χ4n) is 1.83. The van der Waals surface area contributed by atoms with Crippen LogP contribution in [0.5, 0.6) is 0 Å². The monoisotopic (exact) mass is 330 g/mol. The van der Waals surface area contributed by atoms with Crippen molar-refractivity contribution in [3.63, 3.8) is 0 Å². The van der Waals surface area contributed by atoms with Gasteiger partial charge in [-0.3, -0.25) is 4.98 Å². The van der Waals surface area contributed by atoms with Gasteiger partial charge in [-0.25, -0.2) is 4.98 Å². The summed E-state index contributed by atoms with van der Waals surface area (Å²) in [6.07, 6.45) is 2.61. The van der Waals surface area contributed by atoms with Crippen molar-refractivity contribution in [2.45, 2.75) is 6.42 Å². The van der Waals surface area contributed by atoms with E-state index in [1.54, 1.807) is 11.3 Å². The van der Waals surface area contributed by atoms with Gasteiger partial charge in [-0.1, -0.05) is 34.1 Å². The number of hydrogen-bond donors (Lipinski definition) is 0. The Morgan fingerprint density at radius 3 is 2.84 bits per heavy atom. The summed E-state index contributed by atoms with van der Waals surface area (Å²) < 4.78 is 1.07. The summed E-state index contributed by atoms with van der Waals surface area (Å²) >= 11 is 5.16. The molecule has 0 unspecified atom stereocenters. The van der Waals surface area contributed by atoms with E-state index in [0.29, 0.717) is 0 Å². The zero-order valence-electron chi connectivity index (χ0n) is 10.1. The van der Waals surface area contributed by atoms with Gasteiger partial charge in [-0.15, -0.1) is 11.3 Å². The molecule has 2 heterocycles. The molecule has 2 aromatic heterocycles. The molecule has 0 atom stereocenters. The molecule has 0 radical (unpaired) electrons. The number of thiazole rings is 1. The molecular weight excluding hydrogens is 320 g/mol. The predicted octanol–water partition coefficient (Wildman–Crippen LogP) is 4.56. The average Bonchev–Trinajstić information content (AvgIpc) is 2.88. The summed E-state index contributed by atoms with van der Waals surface area (Å²) in [7, 11) is 0. The Morgan fingerprint density at radius 2 is 2.05 bits per heavy atom. The highest BCUT2D eigenvalue weighted by molar-refractivity contribution is 9.10. The predicted molar refractivity (Wildman–Crippen MR) is 82.3 cm³/mol. The summed E-state index contributed by atoms with van der Waals surface area (Å²) in [4.78, 5) is 9.00. The molecule has 0 saturated heterocycles. The molecule has 0 amide bonds. The number of benzene rings is 1. The highest BCUT2D eigenvalue weighted by Gasteiger charge is 2.06. The summed E-state index contributed by atoms with van der Waals surface area (Å²) in [5.74, 6) is 0. The molecule has 4 heteroatoms. The van der Waals surface area contributed by atoms with Crippen LogP contribution in [0.3, 0.4) is 0 Å². The van der Waals surface area contributed by atoms with E-state index in [1.807, 2.05) is 36.5 Å². The van der Waals surface area contributed by atoms with E-state index in [9.17, 15) is 0 Å². The molecule has 0 N–H and O–H groups in total. The second-order valence-corrected chi connectivity index (χ2v) is 5.99. The van der Waals surface area contributed by atoms with E-state index in [-0.39, 0.29) is 0 Å². The molecule has 3 rings (SSSR count). The third-order valence-electron chi connectivity index (χ3n) is 2.73. The maximum atomic E-state index is 4.67. The number of halogens is 1. The minimum Gasteiger partial charge on any atom is -0.261 e. The lowest BCUT2D eigenvalue weighted by atomic mass is 10.2. The molecular formula is C15H11BrN2S. The van der Waals surface area contributed by atoms with E-state index >= 15 is 0 Å². The van der Waals surface area contributed by atoms with Gasteiger partial charge >= 0.3 is 0 Å². The van der Waals surface area contributed by atoms with Gasteiger partial charge < -0.3 is 0 Å². The molecule has 0 aliphatic heterocycles. The van der Waals surface area contributed by atoms with Crippen molar-refractivity contribution in [3.8, 4) is 11.3 Å². The molecule has 19 heavy (non-hydrogen) atoms. The Balaban J connectivity index is 1.84.